The number of aryl methyl sites for hydroxylation is 2. The van der Waals surface area contributed by atoms with Crippen LogP contribution in [0.1, 0.15) is 18.1 Å². The third-order valence-electron chi connectivity index (χ3n) is 2.86. The van der Waals surface area contributed by atoms with Crippen molar-refractivity contribution in [1.82, 2.24) is 9.78 Å². The largest absolute Gasteiger partial charge is 0.384 e. The summed E-state index contributed by atoms with van der Waals surface area (Å²) in [6.07, 6.45) is 0.782. The summed E-state index contributed by atoms with van der Waals surface area (Å²) in [4.78, 5) is 0. The number of anilines is 1. The Bertz CT molecular complexity index is 538. The molecule has 1 aromatic heterocycles. The number of hydrogen-bond donors (Lipinski definition) is 1. The number of aromatic nitrogens is 2. The van der Waals surface area contributed by atoms with Crippen LogP contribution in [-0.4, -0.2) is 9.78 Å². The molecule has 0 atom stereocenters. The molecule has 0 aliphatic carbocycles. The topological polar surface area (TPSA) is 43.8 Å². The van der Waals surface area contributed by atoms with Crippen molar-refractivity contribution in [3.63, 3.8) is 0 Å². The molecule has 0 aliphatic rings. The molecule has 2 N–H and O–H groups in total. The Morgan fingerprint density at radius 3 is 2.65 bits per heavy atom. The highest BCUT2D eigenvalue weighted by atomic mass is 19.1. The minimum atomic E-state index is -0.244. The lowest BCUT2D eigenvalue weighted by molar-refractivity contribution is 0.627. The van der Waals surface area contributed by atoms with E-state index in [-0.39, 0.29) is 5.82 Å². The summed E-state index contributed by atoms with van der Waals surface area (Å²) in [5.41, 5.74) is 9.34. The minimum absolute atomic E-state index is 0.244. The second kappa shape index (κ2) is 4.20. The van der Waals surface area contributed by atoms with Gasteiger partial charge in [-0.1, -0.05) is 6.92 Å². The molecule has 4 heteroatoms. The predicted octanol–water partition coefficient (Wildman–Crippen LogP) is 2.68. The molecule has 0 saturated carbocycles. The highest BCUT2D eigenvalue weighted by Crippen LogP contribution is 2.28. The Morgan fingerprint density at radius 2 is 2.06 bits per heavy atom. The van der Waals surface area contributed by atoms with Crippen LogP contribution in [-0.2, 0) is 13.5 Å². The van der Waals surface area contributed by atoms with Gasteiger partial charge in [0.2, 0.25) is 0 Å². The van der Waals surface area contributed by atoms with Gasteiger partial charge < -0.3 is 5.73 Å². The summed E-state index contributed by atoms with van der Waals surface area (Å²) in [5, 5.41) is 4.36. The molecule has 0 saturated heterocycles. The van der Waals surface area contributed by atoms with Crippen molar-refractivity contribution < 1.29 is 4.39 Å². The van der Waals surface area contributed by atoms with E-state index < -0.39 is 0 Å². The molecule has 0 spiro atoms. The number of hydrogen-bond acceptors (Lipinski definition) is 2. The van der Waals surface area contributed by atoms with Crippen molar-refractivity contribution in [2.75, 3.05) is 5.73 Å². The molecule has 0 radical (unpaired) electrons. The molecule has 1 aromatic carbocycles. The molecular weight excluding hydrogens is 217 g/mol. The number of rotatable bonds is 2. The summed E-state index contributed by atoms with van der Waals surface area (Å²) in [6.45, 7) is 3.88. The molecule has 2 aromatic rings. The van der Waals surface area contributed by atoms with Crippen LogP contribution in [0.5, 0.6) is 0 Å². The summed E-state index contributed by atoms with van der Waals surface area (Å²) < 4.78 is 15.0. The SMILES string of the molecule is CCc1c(-c2cc(C)cc(F)c2)nn(C)c1N. The van der Waals surface area contributed by atoms with E-state index in [4.69, 9.17) is 5.73 Å². The van der Waals surface area contributed by atoms with Crippen molar-refractivity contribution in [2.45, 2.75) is 20.3 Å². The van der Waals surface area contributed by atoms with E-state index in [0.717, 1.165) is 28.8 Å². The first kappa shape index (κ1) is 11.6. The quantitative estimate of drug-likeness (QED) is 0.866. The Labute approximate surface area is 100 Å². The van der Waals surface area contributed by atoms with E-state index in [1.165, 1.54) is 12.1 Å². The van der Waals surface area contributed by atoms with Gasteiger partial charge in [0.25, 0.3) is 0 Å². The summed E-state index contributed by atoms with van der Waals surface area (Å²) in [5.74, 6) is 0.399. The second-order valence-electron chi connectivity index (χ2n) is 4.21. The monoisotopic (exact) mass is 233 g/mol. The van der Waals surface area contributed by atoms with Gasteiger partial charge in [-0.2, -0.15) is 5.10 Å². The van der Waals surface area contributed by atoms with Gasteiger partial charge >= 0.3 is 0 Å². The van der Waals surface area contributed by atoms with E-state index in [2.05, 4.69) is 5.10 Å². The zero-order valence-electron chi connectivity index (χ0n) is 10.3. The van der Waals surface area contributed by atoms with Crippen molar-refractivity contribution in [3.8, 4) is 11.3 Å². The number of nitrogen functional groups attached to an aromatic ring is 1. The number of nitrogens with zero attached hydrogens (tertiary/aromatic N) is 2. The van der Waals surface area contributed by atoms with Crippen LogP contribution in [0.15, 0.2) is 18.2 Å². The summed E-state index contributed by atoms with van der Waals surface area (Å²) >= 11 is 0. The van der Waals surface area contributed by atoms with E-state index in [1.54, 1.807) is 11.7 Å². The Kier molecular flexibility index (Phi) is 2.88. The predicted molar refractivity (Wildman–Crippen MR) is 67.1 cm³/mol. The van der Waals surface area contributed by atoms with Crippen LogP contribution in [0, 0.1) is 12.7 Å². The average molecular weight is 233 g/mol. The minimum Gasteiger partial charge on any atom is -0.384 e. The van der Waals surface area contributed by atoms with Crippen LogP contribution in [0.25, 0.3) is 11.3 Å². The van der Waals surface area contributed by atoms with E-state index in [0.29, 0.717) is 5.82 Å². The van der Waals surface area contributed by atoms with Gasteiger partial charge in [-0.15, -0.1) is 0 Å². The molecule has 0 fully saturated rings. The van der Waals surface area contributed by atoms with Crippen molar-refractivity contribution in [2.24, 2.45) is 7.05 Å². The van der Waals surface area contributed by atoms with Gasteiger partial charge in [-0.3, -0.25) is 4.68 Å². The van der Waals surface area contributed by atoms with Gasteiger partial charge in [0.15, 0.2) is 0 Å². The molecule has 1 heterocycles. The molecule has 17 heavy (non-hydrogen) atoms. The standard InChI is InChI=1S/C13H16FN3/c1-4-11-12(16-17(3)13(11)15)9-5-8(2)6-10(14)7-9/h5-7H,4,15H2,1-3H3. The zero-order chi connectivity index (χ0) is 12.6. The van der Waals surface area contributed by atoms with E-state index >= 15 is 0 Å². The van der Waals surface area contributed by atoms with Crippen LogP contribution < -0.4 is 5.73 Å². The maximum absolute atomic E-state index is 13.4. The fourth-order valence-corrected chi connectivity index (χ4v) is 2.03. The number of benzene rings is 1. The Morgan fingerprint density at radius 1 is 1.35 bits per heavy atom. The number of halogens is 1. The van der Waals surface area contributed by atoms with Gasteiger partial charge in [-0.25, -0.2) is 4.39 Å². The molecule has 0 unspecified atom stereocenters. The molecule has 2 rings (SSSR count). The lowest BCUT2D eigenvalue weighted by atomic mass is 10.0. The summed E-state index contributed by atoms with van der Waals surface area (Å²) in [7, 11) is 1.80. The molecule has 90 valence electrons. The first-order chi connectivity index (χ1) is 8.02. The van der Waals surface area contributed by atoms with E-state index in [1.807, 2.05) is 19.9 Å². The van der Waals surface area contributed by atoms with Crippen LogP contribution >= 0.6 is 0 Å². The third kappa shape index (κ3) is 2.02. The normalized spacial score (nSPS) is 10.8. The lowest BCUT2D eigenvalue weighted by Crippen LogP contribution is -1.98. The lowest BCUT2D eigenvalue weighted by Gasteiger charge is -2.03. The molecule has 3 nitrogen and oxygen atoms in total. The molecule has 0 bridgehead atoms. The highest BCUT2D eigenvalue weighted by molar-refractivity contribution is 5.69. The van der Waals surface area contributed by atoms with Crippen LogP contribution in [0.3, 0.4) is 0 Å². The number of nitrogens with two attached hydrogens (primary N) is 1. The van der Waals surface area contributed by atoms with Crippen molar-refractivity contribution >= 4 is 5.82 Å². The molecule has 0 aliphatic heterocycles. The molecule has 0 amide bonds. The first-order valence-corrected chi connectivity index (χ1v) is 5.61. The zero-order valence-corrected chi connectivity index (χ0v) is 10.3. The summed E-state index contributed by atoms with van der Waals surface area (Å²) in [6, 6.07) is 4.92. The van der Waals surface area contributed by atoms with E-state index in [9.17, 15) is 4.39 Å². The fraction of sp³-hybridized carbons (Fsp3) is 0.308. The second-order valence-corrected chi connectivity index (χ2v) is 4.21. The highest BCUT2D eigenvalue weighted by Gasteiger charge is 2.14. The van der Waals surface area contributed by atoms with Gasteiger partial charge in [0.05, 0.1) is 5.69 Å². The smallest absolute Gasteiger partial charge is 0.125 e. The van der Waals surface area contributed by atoms with Crippen LogP contribution in [0.4, 0.5) is 10.2 Å². The third-order valence-corrected chi connectivity index (χ3v) is 2.86. The maximum atomic E-state index is 13.4. The first-order valence-electron chi connectivity index (χ1n) is 5.61. The van der Waals surface area contributed by atoms with Crippen molar-refractivity contribution in [1.29, 1.82) is 0 Å². The maximum Gasteiger partial charge on any atom is 0.125 e. The molecular formula is C13H16FN3. The van der Waals surface area contributed by atoms with Crippen molar-refractivity contribution in [3.05, 3.63) is 35.1 Å². The van der Waals surface area contributed by atoms with Gasteiger partial charge in [0.1, 0.15) is 11.6 Å². The fourth-order valence-electron chi connectivity index (χ4n) is 2.03. The Hall–Kier alpha value is -1.84. The van der Waals surface area contributed by atoms with Gasteiger partial charge in [-0.05, 0) is 37.1 Å². The average Bonchev–Trinajstić information content (AvgIpc) is 2.54. The van der Waals surface area contributed by atoms with Gasteiger partial charge in [0, 0.05) is 18.2 Å². The van der Waals surface area contributed by atoms with Crippen LogP contribution in [0.2, 0.25) is 0 Å². The Balaban J connectivity index is 2.63.